The Hall–Kier alpha value is -2.42. The van der Waals surface area contributed by atoms with Crippen LogP contribution in [-0.2, 0) is 20.7 Å². The van der Waals surface area contributed by atoms with Gasteiger partial charge in [-0.15, -0.1) is 0 Å². The number of aryl methyl sites for hydroxylation is 1. The van der Waals surface area contributed by atoms with Crippen LogP contribution in [0.5, 0.6) is 0 Å². The number of hydrogen-bond donors (Lipinski definition) is 0. The Morgan fingerprint density at radius 2 is 1.62 bits per heavy atom. The third kappa shape index (κ3) is 4.44. The molecule has 2 aliphatic rings. The zero-order chi connectivity index (χ0) is 20.3. The molecular weight excluding hydrogens is 360 g/mol. The number of carbonyl (C=O) groups is 2. The predicted octanol–water partition coefficient (Wildman–Crippen LogP) is 5.48. The smallest absolute Gasteiger partial charge is 0.317 e. The van der Waals surface area contributed by atoms with E-state index in [0.29, 0.717) is 18.8 Å². The van der Waals surface area contributed by atoms with Gasteiger partial charge in [-0.1, -0.05) is 74.0 Å². The van der Waals surface area contributed by atoms with Gasteiger partial charge >= 0.3 is 5.97 Å². The third-order valence-electron chi connectivity index (χ3n) is 6.51. The molecule has 0 spiro atoms. The van der Waals surface area contributed by atoms with E-state index < -0.39 is 11.5 Å². The van der Waals surface area contributed by atoms with Crippen LogP contribution in [0.15, 0.2) is 60.7 Å². The monoisotopic (exact) mass is 390 g/mol. The van der Waals surface area contributed by atoms with E-state index >= 15 is 0 Å². The Labute approximate surface area is 173 Å². The largest absolute Gasteiger partial charge is 0.458 e. The summed E-state index contributed by atoms with van der Waals surface area (Å²) in [7, 11) is 0. The van der Waals surface area contributed by atoms with Gasteiger partial charge in [0.15, 0.2) is 5.78 Å². The first-order valence-corrected chi connectivity index (χ1v) is 11.0. The van der Waals surface area contributed by atoms with Crippen molar-refractivity contribution in [1.29, 1.82) is 0 Å². The molecule has 3 heteroatoms. The Kier molecular flexibility index (Phi) is 5.84. The van der Waals surface area contributed by atoms with Gasteiger partial charge in [-0.25, -0.2) is 0 Å². The molecule has 1 aliphatic carbocycles. The fraction of sp³-hybridized carbons (Fsp3) is 0.462. The van der Waals surface area contributed by atoms with Gasteiger partial charge in [0.1, 0.15) is 11.5 Å². The molecule has 2 aromatic carbocycles. The Bertz CT molecular complexity index is 821. The molecule has 0 bridgehead atoms. The standard InChI is InChI=1S/C26H30O3/c1-2-16-26(17-15-19-9-5-3-6-10-19)18-22(27)24(25(28)29-26)23(21-13-14-21)20-11-7-4-8-12-20/h3-12,21,23-24H,2,13-18H2,1H3. The highest BCUT2D eigenvalue weighted by atomic mass is 16.6. The van der Waals surface area contributed by atoms with Crippen molar-refractivity contribution in [3.63, 3.8) is 0 Å². The molecule has 0 N–H and O–H groups in total. The molecule has 1 saturated carbocycles. The minimum atomic E-state index is -0.653. The van der Waals surface area contributed by atoms with Crippen LogP contribution in [0.2, 0.25) is 0 Å². The van der Waals surface area contributed by atoms with Crippen molar-refractivity contribution in [2.75, 3.05) is 0 Å². The number of Topliss-reactive ketones (excluding diaryl/α,β-unsaturated/α-hetero) is 1. The SMILES string of the molecule is CCCC1(CCc2ccccc2)CC(=O)C(C(c2ccccc2)C2CC2)C(=O)O1. The number of ketones is 1. The second kappa shape index (κ2) is 8.52. The summed E-state index contributed by atoms with van der Waals surface area (Å²) in [6, 6.07) is 20.3. The number of benzene rings is 2. The molecule has 2 fully saturated rings. The summed E-state index contributed by atoms with van der Waals surface area (Å²) in [6.07, 6.45) is 5.68. The minimum absolute atomic E-state index is 0.0371. The number of cyclic esters (lactones) is 1. The van der Waals surface area contributed by atoms with Gasteiger partial charge in [0.05, 0.1) is 0 Å². The van der Waals surface area contributed by atoms with E-state index in [9.17, 15) is 9.59 Å². The van der Waals surface area contributed by atoms with Gasteiger partial charge in [0.25, 0.3) is 0 Å². The maximum absolute atomic E-state index is 13.4. The summed E-state index contributed by atoms with van der Waals surface area (Å²) in [5, 5.41) is 0. The predicted molar refractivity (Wildman–Crippen MR) is 114 cm³/mol. The van der Waals surface area contributed by atoms with Gasteiger partial charge in [0, 0.05) is 12.3 Å². The van der Waals surface area contributed by atoms with Gasteiger partial charge in [0.2, 0.25) is 0 Å². The van der Waals surface area contributed by atoms with Crippen LogP contribution in [0.3, 0.4) is 0 Å². The quantitative estimate of drug-likeness (QED) is 0.442. The highest BCUT2D eigenvalue weighted by molar-refractivity contribution is 6.02. The molecule has 0 radical (unpaired) electrons. The summed E-state index contributed by atoms with van der Waals surface area (Å²) in [4.78, 5) is 26.6. The average Bonchev–Trinajstić information content (AvgIpc) is 3.56. The van der Waals surface area contributed by atoms with Crippen LogP contribution >= 0.6 is 0 Å². The zero-order valence-electron chi connectivity index (χ0n) is 17.2. The summed E-state index contributed by atoms with van der Waals surface area (Å²) in [6.45, 7) is 2.09. The van der Waals surface area contributed by atoms with Crippen molar-refractivity contribution >= 4 is 11.8 Å². The maximum Gasteiger partial charge on any atom is 0.317 e. The van der Waals surface area contributed by atoms with Crippen LogP contribution in [0.25, 0.3) is 0 Å². The molecule has 1 heterocycles. The lowest BCUT2D eigenvalue weighted by atomic mass is 9.73. The first kappa shape index (κ1) is 19.9. The summed E-state index contributed by atoms with van der Waals surface area (Å²) in [5.74, 6) is -0.495. The van der Waals surface area contributed by atoms with Crippen LogP contribution in [-0.4, -0.2) is 17.4 Å². The molecule has 3 atom stereocenters. The van der Waals surface area contributed by atoms with Crippen molar-refractivity contribution in [2.24, 2.45) is 11.8 Å². The highest BCUT2D eigenvalue weighted by Crippen LogP contribution is 2.50. The molecule has 0 aromatic heterocycles. The number of esters is 1. The van der Waals surface area contributed by atoms with Crippen molar-refractivity contribution in [1.82, 2.24) is 0 Å². The van der Waals surface area contributed by atoms with Crippen molar-refractivity contribution in [3.05, 3.63) is 71.8 Å². The second-order valence-corrected chi connectivity index (χ2v) is 8.73. The lowest BCUT2D eigenvalue weighted by molar-refractivity contribution is -0.180. The zero-order valence-corrected chi connectivity index (χ0v) is 17.2. The number of carbonyl (C=O) groups excluding carboxylic acids is 2. The molecule has 3 nitrogen and oxygen atoms in total. The van der Waals surface area contributed by atoms with E-state index in [1.54, 1.807) is 0 Å². The average molecular weight is 391 g/mol. The molecule has 0 amide bonds. The van der Waals surface area contributed by atoms with Gasteiger partial charge in [-0.3, -0.25) is 9.59 Å². The third-order valence-corrected chi connectivity index (χ3v) is 6.51. The van der Waals surface area contributed by atoms with Crippen LogP contribution < -0.4 is 0 Å². The minimum Gasteiger partial charge on any atom is -0.458 e. The van der Waals surface area contributed by atoms with Crippen molar-refractivity contribution in [3.8, 4) is 0 Å². The fourth-order valence-electron chi connectivity index (χ4n) is 4.96. The molecule has 152 valence electrons. The van der Waals surface area contributed by atoms with Gasteiger partial charge in [-0.2, -0.15) is 0 Å². The topological polar surface area (TPSA) is 43.4 Å². The summed E-state index contributed by atoms with van der Waals surface area (Å²) < 4.78 is 6.14. The number of hydrogen-bond acceptors (Lipinski definition) is 3. The lowest BCUT2D eigenvalue weighted by Crippen LogP contribution is -2.49. The second-order valence-electron chi connectivity index (χ2n) is 8.73. The van der Waals surface area contributed by atoms with E-state index in [2.05, 4.69) is 19.1 Å². The van der Waals surface area contributed by atoms with Gasteiger partial charge in [-0.05, 0) is 49.1 Å². The summed E-state index contributed by atoms with van der Waals surface area (Å²) >= 11 is 0. The number of ether oxygens (including phenoxy) is 1. The first-order valence-electron chi connectivity index (χ1n) is 11.0. The van der Waals surface area contributed by atoms with Crippen LogP contribution in [0, 0.1) is 11.8 Å². The molecular formula is C26H30O3. The molecule has 4 rings (SSSR count). The molecule has 3 unspecified atom stereocenters. The van der Waals surface area contributed by atoms with E-state index in [4.69, 9.17) is 4.74 Å². The highest BCUT2D eigenvalue weighted by Gasteiger charge is 2.52. The van der Waals surface area contributed by atoms with Gasteiger partial charge < -0.3 is 4.74 Å². The molecule has 1 aliphatic heterocycles. The Balaban J connectivity index is 1.54. The van der Waals surface area contributed by atoms with E-state index in [0.717, 1.165) is 37.7 Å². The maximum atomic E-state index is 13.4. The van der Waals surface area contributed by atoms with Crippen LogP contribution in [0.4, 0.5) is 0 Å². The fourth-order valence-corrected chi connectivity index (χ4v) is 4.96. The van der Waals surface area contributed by atoms with Crippen molar-refractivity contribution < 1.29 is 14.3 Å². The van der Waals surface area contributed by atoms with Crippen LogP contribution in [0.1, 0.15) is 62.5 Å². The number of rotatable bonds is 8. The van der Waals surface area contributed by atoms with Crippen molar-refractivity contribution in [2.45, 2.75) is 63.4 Å². The van der Waals surface area contributed by atoms with E-state index in [1.807, 2.05) is 48.5 Å². The Morgan fingerprint density at radius 3 is 2.21 bits per heavy atom. The molecule has 29 heavy (non-hydrogen) atoms. The molecule has 2 aromatic rings. The lowest BCUT2D eigenvalue weighted by Gasteiger charge is -2.41. The molecule has 1 saturated heterocycles. The first-order chi connectivity index (χ1) is 14.1. The van der Waals surface area contributed by atoms with E-state index in [1.165, 1.54) is 5.56 Å². The summed E-state index contributed by atoms with van der Waals surface area (Å²) in [5.41, 5.74) is 1.66. The normalized spacial score (nSPS) is 25.5. The Morgan fingerprint density at radius 1 is 0.966 bits per heavy atom. The van der Waals surface area contributed by atoms with E-state index in [-0.39, 0.29) is 17.7 Å².